The fourth-order valence-corrected chi connectivity index (χ4v) is 2.05. The summed E-state index contributed by atoms with van der Waals surface area (Å²) < 4.78 is 1.94. The molecule has 2 rings (SSSR count). The van der Waals surface area contributed by atoms with Crippen molar-refractivity contribution in [3.05, 3.63) is 41.0 Å². The zero-order valence-electron chi connectivity index (χ0n) is 10.6. The molecule has 4 heteroatoms. The number of benzene rings is 1. The first-order valence-electron chi connectivity index (χ1n) is 5.83. The molecule has 1 aromatic carbocycles. The highest BCUT2D eigenvalue weighted by Crippen LogP contribution is 2.23. The molecule has 0 aliphatic carbocycles. The quantitative estimate of drug-likeness (QED) is 0.819. The van der Waals surface area contributed by atoms with Crippen LogP contribution in [0.5, 0.6) is 0 Å². The smallest absolute Gasteiger partial charge is 0.136 e. The van der Waals surface area contributed by atoms with Gasteiger partial charge in [0.1, 0.15) is 12.2 Å². The van der Waals surface area contributed by atoms with Crippen LogP contribution in [0.4, 0.5) is 5.69 Å². The fraction of sp³-hybridized carbons (Fsp3) is 0.385. The van der Waals surface area contributed by atoms with Gasteiger partial charge < -0.3 is 10.3 Å². The van der Waals surface area contributed by atoms with Crippen LogP contribution in [0.1, 0.15) is 29.4 Å². The van der Waals surface area contributed by atoms with Crippen molar-refractivity contribution in [2.24, 2.45) is 7.05 Å². The molecule has 0 radical (unpaired) electrons. The molecule has 2 N–H and O–H groups in total. The maximum Gasteiger partial charge on any atom is 0.136 e. The predicted octanol–water partition coefficient (Wildman–Crippen LogP) is 1.86. The molecule has 1 heterocycles. The van der Waals surface area contributed by atoms with E-state index in [2.05, 4.69) is 29.3 Å². The normalized spacial score (nSPS) is 10.8. The number of hydrogen-bond donors (Lipinski definition) is 1. The van der Waals surface area contributed by atoms with Crippen LogP contribution < -0.4 is 5.73 Å². The van der Waals surface area contributed by atoms with Crippen LogP contribution in [0.25, 0.3) is 0 Å². The van der Waals surface area contributed by atoms with Crippen molar-refractivity contribution >= 4 is 5.69 Å². The molecule has 4 nitrogen and oxygen atoms in total. The third kappa shape index (κ3) is 2.16. The van der Waals surface area contributed by atoms with Crippen molar-refractivity contribution in [3.63, 3.8) is 0 Å². The van der Waals surface area contributed by atoms with Gasteiger partial charge in [0, 0.05) is 19.2 Å². The Hall–Kier alpha value is -1.84. The summed E-state index contributed by atoms with van der Waals surface area (Å²) in [6.07, 6.45) is 3.45. The molecule has 0 aliphatic rings. The van der Waals surface area contributed by atoms with E-state index in [1.54, 1.807) is 6.33 Å². The minimum atomic E-state index is 0.782. The van der Waals surface area contributed by atoms with E-state index in [0.29, 0.717) is 0 Å². The summed E-state index contributed by atoms with van der Waals surface area (Å²) >= 11 is 0. The molecule has 0 aliphatic heterocycles. The van der Waals surface area contributed by atoms with Crippen molar-refractivity contribution in [2.75, 3.05) is 5.73 Å². The Morgan fingerprint density at radius 2 is 2.12 bits per heavy atom. The Labute approximate surface area is 101 Å². The standard InChI is InChI=1S/C13H18N4/c1-4-11-10(6-5-9(2)13(11)14)7-12-16-15-8-17(12)3/h5-6,8H,4,7,14H2,1-3H3. The molecule has 0 bridgehead atoms. The number of rotatable bonds is 3. The van der Waals surface area contributed by atoms with Crippen LogP contribution in [0.2, 0.25) is 0 Å². The SMILES string of the molecule is CCc1c(Cc2nncn2C)ccc(C)c1N. The van der Waals surface area contributed by atoms with Crippen molar-refractivity contribution < 1.29 is 0 Å². The maximum absolute atomic E-state index is 6.12. The molecule has 0 spiro atoms. The molecule has 0 unspecified atom stereocenters. The summed E-state index contributed by atoms with van der Waals surface area (Å²) in [6, 6.07) is 4.21. The van der Waals surface area contributed by atoms with Crippen LogP contribution in [-0.2, 0) is 19.9 Å². The summed E-state index contributed by atoms with van der Waals surface area (Å²) in [5.74, 6) is 0.961. The maximum atomic E-state index is 6.12. The highest BCUT2D eigenvalue weighted by Gasteiger charge is 2.10. The minimum absolute atomic E-state index is 0.782. The lowest BCUT2D eigenvalue weighted by Gasteiger charge is -2.12. The van der Waals surface area contributed by atoms with E-state index >= 15 is 0 Å². The van der Waals surface area contributed by atoms with Gasteiger partial charge in [-0.05, 0) is 30.0 Å². The Kier molecular flexibility index (Phi) is 3.13. The second kappa shape index (κ2) is 4.57. The van der Waals surface area contributed by atoms with Gasteiger partial charge in [-0.2, -0.15) is 0 Å². The first kappa shape index (κ1) is 11.6. The number of nitrogen functional groups attached to an aromatic ring is 1. The third-order valence-corrected chi connectivity index (χ3v) is 3.18. The summed E-state index contributed by atoms with van der Waals surface area (Å²) in [4.78, 5) is 0. The average molecular weight is 230 g/mol. The van der Waals surface area contributed by atoms with Gasteiger partial charge in [-0.1, -0.05) is 19.1 Å². The molecule has 1 aromatic heterocycles. The number of anilines is 1. The second-order valence-electron chi connectivity index (χ2n) is 4.32. The lowest BCUT2D eigenvalue weighted by Crippen LogP contribution is -2.05. The Balaban J connectivity index is 2.40. The van der Waals surface area contributed by atoms with Gasteiger partial charge >= 0.3 is 0 Å². The molecular weight excluding hydrogens is 212 g/mol. The number of hydrogen-bond acceptors (Lipinski definition) is 3. The minimum Gasteiger partial charge on any atom is -0.398 e. The van der Waals surface area contributed by atoms with Crippen molar-refractivity contribution in [2.45, 2.75) is 26.7 Å². The van der Waals surface area contributed by atoms with Gasteiger partial charge in [-0.15, -0.1) is 10.2 Å². The molecule has 0 saturated heterocycles. The summed E-state index contributed by atoms with van der Waals surface area (Å²) in [5, 5.41) is 8.01. The second-order valence-corrected chi connectivity index (χ2v) is 4.32. The van der Waals surface area contributed by atoms with Crippen molar-refractivity contribution in [3.8, 4) is 0 Å². The predicted molar refractivity (Wildman–Crippen MR) is 68.8 cm³/mol. The Morgan fingerprint density at radius 3 is 2.71 bits per heavy atom. The zero-order valence-corrected chi connectivity index (χ0v) is 10.6. The molecule has 0 atom stereocenters. The molecule has 90 valence electrons. The molecule has 0 fully saturated rings. The summed E-state index contributed by atoms with van der Waals surface area (Å²) in [6.45, 7) is 4.17. The van der Waals surface area contributed by atoms with Gasteiger partial charge in [0.25, 0.3) is 0 Å². The number of aromatic nitrogens is 3. The summed E-state index contributed by atoms with van der Waals surface area (Å²) in [5.41, 5.74) is 10.6. The highest BCUT2D eigenvalue weighted by atomic mass is 15.2. The molecule has 2 aromatic rings. The van der Waals surface area contributed by atoms with E-state index in [1.807, 2.05) is 18.5 Å². The topological polar surface area (TPSA) is 56.7 Å². The van der Waals surface area contributed by atoms with E-state index in [9.17, 15) is 0 Å². The number of nitrogens with two attached hydrogens (primary N) is 1. The Bertz CT molecular complexity index is 528. The van der Waals surface area contributed by atoms with Gasteiger partial charge in [-0.3, -0.25) is 0 Å². The van der Waals surface area contributed by atoms with Crippen LogP contribution in [-0.4, -0.2) is 14.8 Å². The van der Waals surface area contributed by atoms with Crippen molar-refractivity contribution in [1.82, 2.24) is 14.8 Å². The largest absolute Gasteiger partial charge is 0.398 e. The van der Waals surface area contributed by atoms with Gasteiger partial charge in [0.05, 0.1) is 0 Å². The third-order valence-electron chi connectivity index (χ3n) is 3.18. The number of aryl methyl sites for hydroxylation is 2. The summed E-state index contributed by atoms with van der Waals surface area (Å²) in [7, 11) is 1.96. The van der Waals surface area contributed by atoms with E-state index in [-0.39, 0.29) is 0 Å². The fourth-order valence-electron chi connectivity index (χ4n) is 2.05. The van der Waals surface area contributed by atoms with E-state index in [0.717, 1.165) is 29.9 Å². The molecule has 0 amide bonds. The zero-order chi connectivity index (χ0) is 12.4. The molecular formula is C13H18N4. The van der Waals surface area contributed by atoms with Gasteiger partial charge in [0.2, 0.25) is 0 Å². The van der Waals surface area contributed by atoms with Crippen molar-refractivity contribution in [1.29, 1.82) is 0 Å². The lowest BCUT2D eigenvalue weighted by molar-refractivity contribution is 0.817. The highest BCUT2D eigenvalue weighted by molar-refractivity contribution is 5.57. The number of nitrogens with zero attached hydrogens (tertiary/aromatic N) is 3. The van der Waals surface area contributed by atoms with E-state index in [1.165, 1.54) is 11.1 Å². The average Bonchev–Trinajstić information content (AvgIpc) is 2.70. The lowest BCUT2D eigenvalue weighted by atomic mass is 9.97. The van der Waals surface area contributed by atoms with Crippen LogP contribution >= 0.6 is 0 Å². The van der Waals surface area contributed by atoms with Crippen LogP contribution in [0.15, 0.2) is 18.5 Å². The van der Waals surface area contributed by atoms with Gasteiger partial charge in [0.15, 0.2) is 0 Å². The monoisotopic (exact) mass is 230 g/mol. The van der Waals surface area contributed by atoms with Crippen LogP contribution in [0, 0.1) is 6.92 Å². The van der Waals surface area contributed by atoms with E-state index < -0.39 is 0 Å². The van der Waals surface area contributed by atoms with Gasteiger partial charge in [-0.25, -0.2) is 0 Å². The Morgan fingerprint density at radius 1 is 1.35 bits per heavy atom. The van der Waals surface area contributed by atoms with Crippen LogP contribution in [0.3, 0.4) is 0 Å². The first-order chi connectivity index (χ1) is 8.13. The van der Waals surface area contributed by atoms with E-state index in [4.69, 9.17) is 5.73 Å². The molecule has 17 heavy (non-hydrogen) atoms. The first-order valence-corrected chi connectivity index (χ1v) is 5.83. The molecule has 0 saturated carbocycles.